The quantitative estimate of drug-likeness (QED) is 0.278. The van der Waals surface area contributed by atoms with Crippen molar-refractivity contribution in [3.05, 3.63) is 60.3 Å². The van der Waals surface area contributed by atoms with E-state index in [0.717, 1.165) is 56.1 Å². The Labute approximate surface area is 235 Å². The zero-order chi connectivity index (χ0) is 28.1. The maximum Gasteiger partial charge on any atom is 0.308 e. The number of hydrogen-bond donors (Lipinski definition) is 3. The molecule has 2 atom stereocenters. The van der Waals surface area contributed by atoms with Crippen molar-refractivity contribution >= 4 is 28.4 Å². The van der Waals surface area contributed by atoms with Crippen molar-refractivity contribution in [2.75, 3.05) is 36.5 Å². The molecule has 0 amide bonds. The Morgan fingerprint density at radius 2 is 1.73 bits per heavy atom. The first-order valence-corrected chi connectivity index (χ1v) is 14.2. The lowest BCUT2D eigenvalue weighted by Gasteiger charge is -2.47. The number of carboxylic acids is 1. The number of morpholine rings is 1. The second kappa shape index (κ2) is 10.4. The third-order valence-electron chi connectivity index (χ3n) is 9.03. The maximum atomic E-state index is 14.5. The smallest absolute Gasteiger partial charge is 0.308 e. The summed E-state index contributed by atoms with van der Waals surface area (Å²) in [5, 5.41) is 13.9. The van der Waals surface area contributed by atoms with Gasteiger partial charge in [0.05, 0.1) is 30.3 Å². The first-order chi connectivity index (χ1) is 19.9. The van der Waals surface area contributed by atoms with Crippen LogP contribution in [0.2, 0.25) is 0 Å². The van der Waals surface area contributed by atoms with E-state index < -0.39 is 23.5 Å². The summed E-state index contributed by atoms with van der Waals surface area (Å²) >= 11 is 0. The van der Waals surface area contributed by atoms with Crippen LogP contribution in [0, 0.1) is 29.4 Å². The van der Waals surface area contributed by atoms with E-state index >= 15 is 0 Å². The number of carboxylic acid groups (broad SMARTS) is 1. The van der Waals surface area contributed by atoms with Crippen molar-refractivity contribution in [2.45, 2.75) is 31.7 Å². The van der Waals surface area contributed by atoms with Gasteiger partial charge in [0.2, 0.25) is 0 Å². The molecule has 4 aliphatic rings. The van der Waals surface area contributed by atoms with Gasteiger partial charge in [0, 0.05) is 59.7 Å². The monoisotopic (exact) mass is 559 g/mol. The van der Waals surface area contributed by atoms with Crippen LogP contribution in [0.5, 0.6) is 0 Å². The Bertz CT molecular complexity index is 1590. The van der Waals surface area contributed by atoms with Gasteiger partial charge in [-0.1, -0.05) is 12.1 Å². The van der Waals surface area contributed by atoms with E-state index in [9.17, 15) is 18.7 Å². The molecular formula is C31H31F2N5O3. The molecule has 4 aromatic rings. The van der Waals surface area contributed by atoms with Gasteiger partial charge in [-0.3, -0.25) is 4.79 Å². The number of hydrogen-bond acceptors (Lipinski definition) is 6. The highest BCUT2D eigenvalue weighted by Gasteiger charge is 2.47. The van der Waals surface area contributed by atoms with Crippen LogP contribution in [0.25, 0.3) is 33.5 Å². The number of aliphatic carboxylic acids is 1. The average molecular weight is 560 g/mol. The van der Waals surface area contributed by atoms with Crippen LogP contribution in [0.1, 0.15) is 25.7 Å². The third kappa shape index (κ3) is 4.80. The van der Waals surface area contributed by atoms with Crippen LogP contribution < -0.4 is 10.2 Å². The van der Waals surface area contributed by atoms with E-state index in [1.807, 2.05) is 30.3 Å². The SMILES string of the molecule is O=C(O)[C@H]1C2CCC(CC2)[C@@H]1Nc1cc(-c2ccc(N3CCOCC3)cc2)nc(-c2c[nH]c3c(F)cc(F)cc23)n1. The number of H-pyrrole nitrogens is 1. The van der Waals surface area contributed by atoms with Crippen LogP contribution >= 0.6 is 0 Å². The summed E-state index contributed by atoms with van der Waals surface area (Å²) < 4.78 is 34.2. The highest BCUT2D eigenvalue weighted by molar-refractivity contribution is 5.94. The summed E-state index contributed by atoms with van der Waals surface area (Å²) in [5.41, 5.74) is 3.22. The van der Waals surface area contributed by atoms with Gasteiger partial charge in [-0.15, -0.1) is 0 Å². The Morgan fingerprint density at radius 3 is 2.46 bits per heavy atom. The normalized spacial score (nSPS) is 24.1. The molecule has 3 N–H and O–H groups in total. The van der Waals surface area contributed by atoms with Crippen LogP contribution in [0.3, 0.4) is 0 Å². The van der Waals surface area contributed by atoms with Crippen molar-refractivity contribution in [3.63, 3.8) is 0 Å². The highest BCUT2D eigenvalue weighted by atomic mass is 19.1. The number of halogens is 2. The Hall–Kier alpha value is -4.05. The molecule has 212 valence electrons. The van der Waals surface area contributed by atoms with E-state index in [0.29, 0.717) is 41.5 Å². The van der Waals surface area contributed by atoms with Crippen LogP contribution in [-0.4, -0.2) is 58.4 Å². The number of anilines is 2. The molecule has 3 saturated carbocycles. The van der Waals surface area contributed by atoms with Gasteiger partial charge >= 0.3 is 5.97 Å². The molecule has 1 saturated heterocycles. The molecule has 41 heavy (non-hydrogen) atoms. The molecule has 1 aliphatic heterocycles. The molecule has 2 bridgehead atoms. The number of aromatic nitrogens is 3. The minimum absolute atomic E-state index is 0.142. The second-order valence-corrected chi connectivity index (χ2v) is 11.3. The number of rotatable bonds is 6. The van der Waals surface area contributed by atoms with Crippen LogP contribution in [0.15, 0.2) is 48.7 Å². The standard InChI is InChI=1S/C31H31F2N5O3/c32-20-13-22-23(16-34-29(22)24(33)14-20)30-35-25(17-5-7-21(8-6-17)38-9-11-41-12-10-38)15-26(37-30)36-28-19-3-1-18(2-4-19)27(28)31(39)40/h5-8,13-16,18-19,27-28,34H,1-4,9-12H2,(H,39,40)(H,35,36,37)/t18?,19?,27-,28-/m0/s1. The Balaban J connectivity index is 1.30. The van der Waals surface area contributed by atoms with E-state index in [-0.39, 0.29) is 23.4 Å². The average Bonchev–Trinajstić information content (AvgIpc) is 3.42. The summed E-state index contributed by atoms with van der Waals surface area (Å²) in [5.74, 6) is -1.48. The van der Waals surface area contributed by atoms with Gasteiger partial charge in [-0.2, -0.15) is 0 Å². The lowest BCUT2D eigenvalue weighted by Crippen LogP contribution is -2.51. The summed E-state index contributed by atoms with van der Waals surface area (Å²) in [6.07, 6.45) is 5.42. The topological polar surface area (TPSA) is 103 Å². The summed E-state index contributed by atoms with van der Waals surface area (Å²) in [4.78, 5) is 27.1. The molecule has 4 fully saturated rings. The number of fused-ring (bicyclic) bond motifs is 4. The van der Waals surface area contributed by atoms with Gasteiger partial charge in [0.1, 0.15) is 17.5 Å². The molecule has 10 heteroatoms. The minimum Gasteiger partial charge on any atom is -0.481 e. The minimum atomic E-state index is -0.785. The predicted octanol–water partition coefficient (Wildman–Crippen LogP) is 5.71. The fraction of sp³-hybridized carbons (Fsp3) is 0.387. The lowest BCUT2D eigenvalue weighted by molar-refractivity contribution is -0.148. The number of aromatic amines is 1. The van der Waals surface area contributed by atoms with Crippen LogP contribution in [-0.2, 0) is 9.53 Å². The van der Waals surface area contributed by atoms with E-state index in [4.69, 9.17) is 14.7 Å². The van der Waals surface area contributed by atoms with Gasteiger partial charge < -0.3 is 25.0 Å². The van der Waals surface area contributed by atoms with Gasteiger partial charge in [0.15, 0.2) is 5.82 Å². The lowest BCUT2D eigenvalue weighted by atomic mass is 9.61. The molecule has 2 aromatic carbocycles. The predicted molar refractivity (Wildman–Crippen MR) is 152 cm³/mol. The first-order valence-electron chi connectivity index (χ1n) is 14.2. The summed E-state index contributed by atoms with van der Waals surface area (Å²) in [6, 6.07) is 11.8. The van der Waals surface area contributed by atoms with Crippen molar-refractivity contribution < 1.29 is 23.4 Å². The Kier molecular flexibility index (Phi) is 6.57. The van der Waals surface area contributed by atoms with Crippen LogP contribution in [0.4, 0.5) is 20.3 Å². The zero-order valence-corrected chi connectivity index (χ0v) is 22.4. The molecule has 2 aromatic heterocycles. The number of ether oxygens (including phenoxy) is 1. The Morgan fingerprint density at radius 1 is 1.00 bits per heavy atom. The summed E-state index contributed by atoms with van der Waals surface area (Å²) in [6.45, 7) is 3.04. The molecule has 3 aliphatic carbocycles. The fourth-order valence-corrected chi connectivity index (χ4v) is 6.98. The molecule has 8 rings (SSSR count). The molecule has 0 spiro atoms. The zero-order valence-electron chi connectivity index (χ0n) is 22.4. The van der Waals surface area contributed by atoms with Gasteiger partial charge in [-0.05, 0) is 55.7 Å². The third-order valence-corrected chi connectivity index (χ3v) is 9.03. The van der Waals surface area contributed by atoms with Crippen molar-refractivity contribution in [2.24, 2.45) is 17.8 Å². The molecule has 0 unspecified atom stereocenters. The van der Waals surface area contributed by atoms with Crippen molar-refractivity contribution in [3.8, 4) is 22.6 Å². The number of nitrogens with one attached hydrogen (secondary N) is 2. The molecule has 8 nitrogen and oxygen atoms in total. The summed E-state index contributed by atoms with van der Waals surface area (Å²) in [7, 11) is 0. The second-order valence-electron chi connectivity index (χ2n) is 11.3. The first kappa shape index (κ1) is 25.9. The molecule has 3 heterocycles. The van der Waals surface area contributed by atoms with Gasteiger partial charge in [0.25, 0.3) is 0 Å². The van der Waals surface area contributed by atoms with E-state index in [1.165, 1.54) is 6.07 Å². The van der Waals surface area contributed by atoms with Crippen molar-refractivity contribution in [1.29, 1.82) is 0 Å². The largest absolute Gasteiger partial charge is 0.481 e. The number of benzene rings is 2. The maximum absolute atomic E-state index is 14.5. The fourth-order valence-electron chi connectivity index (χ4n) is 6.98. The molecular weight excluding hydrogens is 528 g/mol. The number of nitrogens with zero attached hydrogens (tertiary/aromatic N) is 3. The highest BCUT2D eigenvalue weighted by Crippen LogP contribution is 2.46. The van der Waals surface area contributed by atoms with E-state index in [2.05, 4.69) is 15.2 Å². The number of carbonyl (C=O) groups is 1. The van der Waals surface area contributed by atoms with E-state index in [1.54, 1.807) is 6.20 Å². The van der Waals surface area contributed by atoms with Gasteiger partial charge in [-0.25, -0.2) is 18.7 Å². The van der Waals surface area contributed by atoms with Crippen molar-refractivity contribution in [1.82, 2.24) is 15.0 Å². The molecule has 0 radical (unpaired) electrons.